The van der Waals surface area contributed by atoms with Gasteiger partial charge in [-0.15, -0.1) is 0 Å². The first kappa shape index (κ1) is 22.6. The molecule has 1 unspecified atom stereocenters. The number of halogens is 1. The third-order valence-electron chi connectivity index (χ3n) is 8.17. The first-order valence-corrected chi connectivity index (χ1v) is 13.4. The molecule has 4 atom stereocenters. The lowest BCUT2D eigenvalue weighted by Gasteiger charge is -2.29. The summed E-state index contributed by atoms with van der Waals surface area (Å²) >= 11 is 0. The Bertz CT molecular complexity index is 1470. The zero-order valence-corrected chi connectivity index (χ0v) is 20.9. The SMILES string of the molecule is Cc1cc2c(cnn2-c2ccc(F)cc2)cc1[C@@]12CN(S(=O)(=O)N(C)C)C[C@@H]1[C@H]2C1C=CC=CC1. The van der Waals surface area contributed by atoms with Gasteiger partial charge in [0.25, 0.3) is 10.2 Å². The lowest BCUT2D eigenvalue weighted by Crippen LogP contribution is -2.42. The van der Waals surface area contributed by atoms with Crippen LogP contribution in [0.1, 0.15) is 17.5 Å². The summed E-state index contributed by atoms with van der Waals surface area (Å²) in [4.78, 5) is 0. The lowest BCUT2D eigenvalue weighted by atomic mass is 9.83. The lowest BCUT2D eigenvalue weighted by molar-refractivity contribution is 0.342. The number of aryl methyl sites for hydroxylation is 1. The van der Waals surface area contributed by atoms with Crippen LogP contribution in [-0.2, 0) is 15.6 Å². The van der Waals surface area contributed by atoms with Gasteiger partial charge in [-0.2, -0.15) is 22.1 Å². The Kier molecular flexibility index (Phi) is 5.08. The summed E-state index contributed by atoms with van der Waals surface area (Å²) in [7, 11) is -0.290. The Morgan fingerprint density at radius 2 is 1.91 bits per heavy atom. The van der Waals surface area contributed by atoms with E-state index in [0.717, 1.165) is 28.6 Å². The first-order valence-electron chi connectivity index (χ1n) is 12.0. The summed E-state index contributed by atoms with van der Waals surface area (Å²) in [6.45, 7) is 3.15. The average Bonchev–Trinajstić information content (AvgIpc) is 3.10. The van der Waals surface area contributed by atoms with Crippen molar-refractivity contribution in [2.45, 2.75) is 18.8 Å². The van der Waals surface area contributed by atoms with Crippen LogP contribution in [0.15, 0.2) is 66.9 Å². The molecule has 1 aliphatic heterocycles. The van der Waals surface area contributed by atoms with E-state index >= 15 is 0 Å². The van der Waals surface area contributed by atoms with Gasteiger partial charge in [0.1, 0.15) is 5.82 Å². The molecule has 1 saturated carbocycles. The Morgan fingerprint density at radius 3 is 2.60 bits per heavy atom. The number of hydrogen-bond acceptors (Lipinski definition) is 3. The van der Waals surface area contributed by atoms with Crippen molar-refractivity contribution in [3.63, 3.8) is 0 Å². The molecule has 0 N–H and O–H groups in total. The van der Waals surface area contributed by atoms with Crippen LogP contribution in [0.2, 0.25) is 0 Å². The summed E-state index contributed by atoms with van der Waals surface area (Å²) < 4.78 is 44.3. The Labute approximate surface area is 205 Å². The Balaban J connectivity index is 1.44. The number of nitrogens with zero attached hydrogens (tertiary/aromatic N) is 4. The molecule has 2 aliphatic carbocycles. The maximum atomic E-state index is 13.4. The van der Waals surface area contributed by atoms with Gasteiger partial charge in [0.2, 0.25) is 0 Å². The maximum absolute atomic E-state index is 13.4. The number of fused-ring (bicyclic) bond motifs is 2. The molecule has 3 aromatic rings. The van der Waals surface area contributed by atoms with Crippen molar-refractivity contribution in [3.05, 3.63) is 83.8 Å². The summed E-state index contributed by atoms with van der Waals surface area (Å²) in [6, 6.07) is 10.7. The van der Waals surface area contributed by atoms with Crippen molar-refractivity contribution in [2.24, 2.45) is 17.8 Å². The number of piperidine rings is 1. The van der Waals surface area contributed by atoms with E-state index in [2.05, 4.69) is 48.5 Å². The highest BCUT2D eigenvalue weighted by Gasteiger charge is 2.72. The van der Waals surface area contributed by atoms with Gasteiger partial charge in [0.05, 0.1) is 17.4 Å². The Morgan fingerprint density at radius 1 is 1.14 bits per heavy atom. The fourth-order valence-electron chi connectivity index (χ4n) is 6.51. The van der Waals surface area contributed by atoms with E-state index in [1.54, 1.807) is 30.5 Å². The monoisotopic (exact) mass is 492 g/mol. The van der Waals surface area contributed by atoms with Gasteiger partial charge >= 0.3 is 0 Å². The van der Waals surface area contributed by atoms with Crippen LogP contribution >= 0.6 is 0 Å². The predicted octanol–water partition coefficient (Wildman–Crippen LogP) is 4.21. The van der Waals surface area contributed by atoms with Crippen LogP contribution in [0, 0.1) is 30.5 Å². The predicted molar refractivity (Wildman–Crippen MR) is 135 cm³/mol. The second kappa shape index (κ2) is 7.85. The van der Waals surface area contributed by atoms with Crippen LogP contribution in [-0.4, -0.2) is 54.0 Å². The van der Waals surface area contributed by atoms with Crippen LogP contribution in [0.4, 0.5) is 4.39 Å². The third kappa shape index (κ3) is 3.34. The molecule has 6 nitrogen and oxygen atoms in total. The second-order valence-electron chi connectivity index (χ2n) is 10.2. The van der Waals surface area contributed by atoms with Gasteiger partial charge in [0.15, 0.2) is 0 Å². The average molecular weight is 493 g/mol. The van der Waals surface area contributed by atoms with E-state index in [1.165, 1.54) is 22.0 Å². The molecule has 182 valence electrons. The molecule has 6 rings (SSSR count). The van der Waals surface area contributed by atoms with Gasteiger partial charge in [-0.25, -0.2) is 9.07 Å². The number of benzene rings is 2. The van der Waals surface area contributed by atoms with E-state index in [1.807, 2.05) is 10.9 Å². The molecule has 2 aromatic carbocycles. The minimum Gasteiger partial charge on any atom is -0.233 e. The van der Waals surface area contributed by atoms with Gasteiger partial charge in [-0.05, 0) is 78.6 Å². The van der Waals surface area contributed by atoms with Crippen LogP contribution < -0.4 is 0 Å². The Hall–Kier alpha value is -2.81. The first-order chi connectivity index (χ1) is 16.7. The van der Waals surface area contributed by atoms with Crippen molar-refractivity contribution >= 4 is 21.1 Å². The van der Waals surface area contributed by atoms with Gasteiger partial charge < -0.3 is 0 Å². The second-order valence-corrected chi connectivity index (χ2v) is 12.4. The van der Waals surface area contributed by atoms with Crippen molar-refractivity contribution in [1.82, 2.24) is 18.4 Å². The highest BCUT2D eigenvalue weighted by molar-refractivity contribution is 7.86. The highest BCUT2D eigenvalue weighted by atomic mass is 32.2. The standard InChI is InChI=1S/C27H29FN4O2S/c1-18-13-25-20(15-29-32(25)22-11-9-21(28)10-12-22)14-23(18)27-17-31(35(33,34)30(2)3)16-24(27)26(27)19-7-5-4-6-8-19/h4-7,9-15,19,24,26H,8,16-17H2,1-3H3/t19?,24-,26-,27+/m1/s1. The summed E-state index contributed by atoms with van der Waals surface area (Å²) in [5.74, 6) is 0.812. The minimum atomic E-state index is -3.48. The summed E-state index contributed by atoms with van der Waals surface area (Å²) in [5, 5.41) is 5.59. The topological polar surface area (TPSA) is 58.4 Å². The van der Waals surface area contributed by atoms with Gasteiger partial charge in [-0.1, -0.05) is 24.3 Å². The molecule has 3 aliphatic rings. The normalized spacial score (nSPS) is 28.2. The zero-order chi connectivity index (χ0) is 24.5. The molecule has 8 heteroatoms. The zero-order valence-electron chi connectivity index (χ0n) is 20.1. The van der Waals surface area contributed by atoms with Crippen molar-refractivity contribution in [2.75, 3.05) is 27.2 Å². The molecule has 35 heavy (non-hydrogen) atoms. The molecular formula is C27H29FN4O2S. The van der Waals surface area contributed by atoms with E-state index in [4.69, 9.17) is 0 Å². The van der Waals surface area contributed by atoms with E-state index < -0.39 is 10.2 Å². The molecule has 0 radical (unpaired) electrons. The number of aromatic nitrogens is 2. The molecular weight excluding hydrogens is 463 g/mol. The third-order valence-corrected chi connectivity index (χ3v) is 10.0. The number of allylic oxidation sites excluding steroid dienone is 4. The molecule has 0 bridgehead atoms. The maximum Gasteiger partial charge on any atom is 0.281 e. The molecule has 0 amide bonds. The molecule has 1 saturated heterocycles. The van der Waals surface area contributed by atoms with Gasteiger partial charge in [0, 0.05) is 38.0 Å². The van der Waals surface area contributed by atoms with Crippen LogP contribution in [0.3, 0.4) is 0 Å². The van der Waals surface area contributed by atoms with E-state index in [9.17, 15) is 12.8 Å². The van der Waals surface area contributed by atoms with Crippen molar-refractivity contribution in [3.8, 4) is 5.69 Å². The largest absolute Gasteiger partial charge is 0.281 e. The summed E-state index contributed by atoms with van der Waals surface area (Å²) in [5.41, 5.74) is 3.90. The molecule has 0 spiro atoms. The molecule has 2 fully saturated rings. The minimum absolute atomic E-state index is 0.209. The van der Waals surface area contributed by atoms with Crippen molar-refractivity contribution in [1.29, 1.82) is 0 Å². The number of rotatable bonds is 5. The van der Waals surface area contributed by atoms with Crippen molar-refractivity contribution < 1.29 is 12.8 Å². The molecule has 2 heterocycles. The fraction of sp³-hybridized carbons (Fsp3) is 0.370. The van der Waals surface area contributed by atoms with E-state index in [-0.39, 0.29) is 17.2 Å². The van der Waals surface area contributed by atoms with Crippen LogP contribution in [0.5, 0.6) is 0 Å². The van der Waals surface area contributed by atoms with Gasteiger partial charge in [-0.3, -0.25) is 0 Å². The number of hydrogen-bond donors (Lipinski definition) is 0. The smallest absolute Gasteiger partial charge is 0.233 e. The summed E-state index contributed by atoms with van der Waals surface area (Å²) in [6.07, 6.45) is 11.5. The van der Waals surface area contributed by atoms with Crippen LogP contribution in [0.25, 0.3) is 16.6 Å². The molecule has 1 aromatic heterocycles. The van der Waals surface area contributed by atoms with E-state index in [0.29, 0.717) is 24.9 Å². The fourth-order valence-corrected chi connectivity index (χ4v) is 7.70. The quantitative estimate of drug-likeness (QED) is 0.536. The highest BCUT2D eigenvalue weighted by Crippen LogP contribution is 2.68.